The van der Waals surface area contributed by atoms with Gasteiger partial charge in [0, 0.05) is 12.5 Å². The van der Waals surface area contributed by atoms with Crippen molar-refractivity contribution >= 4 is 0 Å². The molecule has 24 heavy (non-hydrogen) atoms. The number of nitrogens with zero attached hydrogens (tertiary/aromatic N) is 2. The van der Waals surface area contributed by atoms with Crippen LogP contribution in [-0.2, 0) is 5.54 Å². The van der Waals surface area contributed by atoms with Crippen LogP contribution in [0.25, 0.3) is 0 Å². The lowest BCUT2D eigenvalue weighted by molar-refractivity contribution is -0.403. The van der Waals surface area contributed by atoms with E-state index in [0.717, 1.165) is 23.7 Å². The van der Waals surface area contributed by atoms with Gasteiger partial charge in [0.1, 0.15) is 0 Å². The summed E-state index contributed by atoms with van der Waals surface area (Å²) in [5.74, 6) is 0.0579. The van der Waals surface area contributed by atoms with Gasteiger partial charge in [0.15, 0.2) is 0 Å². The van der Waals surface area contributed by atoms with Gasteiger partial charge in [0.2, 0.25) is 6.20 Å². The van der Waals surface area contributed by atoms with Crippen LogP contribution in [0.15, 0.2) is 73.1 Å². The molecule has 0 aromatic heterocycles. The molecule has 1 saturated heterocycles. The second kappa shape index (κ2) is 6.84. The minimum absolute atomic E-state index is 0.0579. The molecule has 2 aromatic rings. The van der Waals surface area contributed by atoms with Crippen LogP contribution in [0.5, 0.6) is 0 Å². The molecule has 0 radical (unpaired) electrons. The fourth-order valence-corrected chi connectivity index (χ4v) is 3.76. The van der Waals surface area contributed by atoms with Crippen LogP contribution in [0.3, 0.4) is 0 Å². The van der Waals surface area contributed by atoms with E-state index in [1.54, 1.807) is 0 Å². The highest BCUT2D eigenvalue weighted by molar-refractivity contribution is 5.36. The molecule has 0 amide bonds. The number of hydrogen-bond donors (Lipinski definition) is 1. The quantitative estimate of drug-likeness (QED) is 0.678. The number of likely N-dealkylation sites (tertiary alicyclic amines) is 1. The molecule has 3 rings (SSSR count). The number of rotatable bonds is 5. The molecule has 1 fully saturated rings. The average Bonchev–Trinajstić information content (AvgIpc) is 3.01. The molecule has 0 bridgehead atoms. The number of nitro groups is 1. The zero-order valence-corrected chi connectivity index (χ0v) is 13.3. The summed E-state index contributed by atoms with van der Waals surface area (Å²) in [4.78, 5) is 12.2. The summed E-state index contributed by atoms with van der Waals surface area (Å²) < 4.78 is 0. The van der Waals surface area contributed by atoms with E-state index >= 15 is 0 Å². The first-order chi connectivity index (χ1) is 11.7. The number of hydrogen-bond acceptors (Lipinski definition) is 4. The summed E-state index contributed by atoms with van der Waals surface area (Å²) in [5.41, 5.74) is 1.40. The Morgan fingerprint density at radius 3 is 2.38 bits per heavy atom. The van der Waals surface area contributed by atoms with Crippen LogP contribution in [0, 0.1) is 10.1 Å². The smallest absolute Gasteiger partial charge is 0.250 e. The first kappa shape index (κ1) is 16.2. The lowest BCUT2D eigenvalue weighted by Gasteiger charge is -2.41. The van der Waals surface area contributed by atoms with Crippen molar-refractivity contribution in [3.63, 3.8) is 0 Å². The predicted octanol–water partition coefficient (Wildman–Crippen LogP) is 3.11. The molecule has 1 aliphatic heterocycles. The van der Waals surface area contributed by atoms with Gasteiger partial charge in [-0.15, -0.1) is 0 Å². The molecule has 124 valence electrons. The Hall–Kier alpha value is -2.66. The van der Waals surface area contributed by atoms with Gasteiger partial charge in [-0.05, 0) is 17.5 Å². The van der Waals surface area contributed by atoms with E-state index in [9.17, 15) is 15.2 Å². The Labute approximate surface area is 141 Å². The zero-order valence-electron chi connectivity index (χ0n) is 13.3. The van der Waals surface area contributed by atoms with Gasteiger partial charge in [-0.1, -0.05) is 60.7 Å². The maximum absolute atomic E-state index is 10.8. The maximum Gasteiger partial charge on any atom is 0.250 e. The van der Waals surface area contributed by atoms with Crippen molar-refractivity contribution in [2.45, 2.75) is 17.9 Å². The van der Waals surface area contributed by atoms with Crippen molar-refractivity contribution in [2.24, 2.45) is 0 Å². The van der Waals surface area contributed by atoms with Crippen LogP contribution in [0.4, 0.5) is 0 Å². The van der Waals surface area contributed by atoms with Crippen LogP contribution < -0.4 is 0 Å². The van der Waals surface area contributed by atoms with Crippen molar-refractivity contribution in [3.8, 4) is 0 Å². The van der Waals surface area contributed by atoms with Crippen molar-refractivity contribution in [2.75, 3.05) is 13.2 Å². The third kappa shape index (κ3) is 2.78. The van der Waals surface area contributed by atoms with Crippen molar-refractivity contribution in [3.05, 3.63) is 94.3 Å². The van der Waals surface area contributed by atoms with Gasteiger partial charge in [0.25, 0.3) is 0 Å². The highest BCUT2D eigenvalue weighted by Crippen LogP contribution is 2.49. The van der Waals surface area contributed by atoms with Crippen LogP contribution in [-0.4, -0.2) is 28.1 Å². The molecule has 0 saturated carbocycles. The maximum atomic E-state index is 10.8. The fraction of sp³-hybridized carbons (Fsp3) is 0.263. The Morgan fingerprint density at radius 1 is 1.17 bits per heavy atom. The third-order valence-corrected chi connectivity index (χ3v) is 4.83. The van der Waals surface area contributed by atoms with Crippen molar-refractivity contribution < 1.29 is 10.0 Å². The van der Waals surface area contributed by atoms with E-state index in [1.807, 2.05) is 53.4 Å². The zero-order chi connectivity index (χ0) is 17.0. The lowest BCUT2D eigenvalue weighted by Crippen LogP contribution is -2.45. The lowest BCUT2D eigenvalue weighted by atomic mass is 9.75. The molecule has 0 spiro atoms. The normalized spacial score (nSPS) is 23.7. The molecular formula is C19H20N2O3. The van der Waals surface area contributed by atoms with Crippen molar-refractivity contribution in [1.82, 2.24) is 4.90 Å². The van der Waals surface area contributed by atoms with Gasteiger partial charge in [-0.25, -0.2) is 0 Å². The van der Waals surface area contributed by atoms with Crippen LogP contribution in [0.2, 0.25) is 0 Å². The number of aliphatic hydroxyl groups is 1. The molecule has 1 aliphatic rings. The molecule has 1 unspecified atom stereocenters. The van der Waals surface area contributed by atoms with Crippen LogP contribution in [0.1, 0.15) is 23.5 Å². The molecular weight excluding hydrogens is 304 g/mol. The van der Waals surface area contributed by atoms with Gasteiger partial charge >= 0.3 is 0 Å². The Morgan fingerprint density at radius 2 is 1.79 bits per heavy atom. The number of aliphatic hydroxyl groups excluding tert-OH is 1. The van der Waals surface area contributed by atoms with Crippen molar-refractivity contribution in [1.29, 1.82) is 0 Å². The summed E-state index contributed by atoms with van der Waals surface area (Å²) in [6.07, 6.45) is 3.26. The highest BCUT2D eigenvalue weighted by atomic mass is 16.6. The molecule has 1 N–H and O–H groups in total. The SMILES string of the molecule is O=[N+]([O-])/C=C/N1CCC(c2ccccc2)[C@@]1(CO)c1ccccc1. The monoisotopic (exact) mass is 324 g/mol. The summed E-state index contributed by atoms with van der Waals surface area (Å²) in [7, 11) is 0. The third-order valence-electron chi connectivity index (χ3n) is 4.83. The van der Waals surface area contributed by atoms with Gasteiger partial charge in [-0.3, -0.25) is 10.1 Å². The molecule has 0 aliphatic carbocycles. The van der Waals surface area contributed by atoms with E-state index in [4.69, 9.17) is 0 Å². The second-order valence-electron chi connectivity index (χ2n) is 5.98. The summed E-state index contributed by atoms with van der Waals surface area (Å²) in [6, 6.07) is 19.8. The van der Waals surface area contributed by atoms with Gasteiger partial charge in [-0.2, -0.15) is 0 Å². The standard InChI is InChI=1S/C19H20N2O3/c22-15-19(17-9-5-2-6-10-17)18(16-7-3-1-4-8-16)11-12-20(19)13-14-21(23)24/h1-10,13-14,18,22H,11-12,15H2/b14-13+/t18?,19-/m1/s1. The minimum atomic E-state index is -0.699. The highest BCUT2D eigenvalue weighted by Gasteiger charge is 2.49. The molecule has 5 nitrogen and oxygen atoms in total. The number of benzene rings is 2. The van der Waals surface area contributed by atoms with E-state index in [1.165, 1.54) is 6.20 Å². The van der Waals surface area contributed by atoms with Crippen LogP contribution >= 0.6 is 0 Å². The molecule has 2 atom stereocenters. The first-order valence-corrected chi connectivity index (χ1v) is 7.98. The average molecular weight is 324 g/mol. The fourth-order valence-electron chi connectivity index (χ4n) is 3.76. The van der Waals surface area contributed by atoms with Gasteiger partial charge < -0.3 is 10.0 Å². The van der Waals surface area contributed by atoms with E-state index < -0.39 is 10.5 Å². The second-order valence-corrected chi connectivity index (χ2v) is 5.98. The largest absolute Gasteiger partial charge is 0.394 e. The van der Waals surface area contributed by atoms with E-state index in [2.05, 4.69) is 12.1 Å². The Kier molecular flexibility index (Phi) is 4.62. The topological polar surface area (TPSA) is 66.6 Å². The molecule has 1 heterocycles. The summed E-state index contributed by atoms with van der Waals surface area (Å²) in [5, 5.41) is 21.2. The van der Waals surface area contributed by atoms with Gasteiger partial charge in [0.05, 0.1) is 23.3 Å². The summed E-state index contributed by atoms with van der Waals surface area (Å²) in [6.45, 7) is 0.540. The van der Waals surface area contributed by atoms with E-state index in [-0.39, 0.29) is 12.5 Å². The minimum Gasteiger partial charge on any atom is -0.394 e. The van der Waals surface area contributed by atoms with E-state index in [0.29, 0.717) is 6.54 Å². The Bertz CT molecular complexity index is 718. The molecule has 2 aromatic carbocycles. The first-order valence-electron chi connectivity index (χ1n) is 7.98. The summed E-state index contributed by atoms with van der Waals surface area (Å²) >= 11 is 0. The predicted molar refractivity (Wildman–Crippen MR) is 91.8 cm³/mol. The molecule has 5 heteroatoms. The Balaban J connectivity index is 2.11.